The summed E-state index contributed by atoms with van der Waals surface area (Å²) in [5.41, 5.74) is 11.2. The Balaban J connectivity index is 2.86. The zero-order chi connectivity index (χ0) is 27.4. The number of rotatable bonds is 15. The second-order valence-electron chi connectivity index (χ2n) is 8.11. The van der Waals surface area contributed by atoms with E-state index in [1.54, 1.807) is 0 Å². The van der Waals surface area contributed by atoms with Crippen molar-refractivity contribution in [2.45, 2.75) is 63.2 Å². The number of nitrogens with two attached hydrogens (primary N) is 2. The van der Waals surface area contributed by atoms with Crippen LogP contribution in [0.2, 0.25) is 0 Å². The molecule has 0 aliphatic heterocycles. The molecule has 198 valence electrons. The van der Waals surface area contributed by atoms with E-state index in [-0.39, 0.29) is 37.9 Å². The fourth-order valence-corrected chi connectivity index (χ4v) is 2.99. The zero-order valence-corrected chi connectivity index (χ0v) is 19.6. The van der Waals surface area contributed by atoms with Crippen LogP contribution in [-0.4, -0.2) is 75.1 Å². The first-order valence-corrected chi connectivity index (χ1v) is 11.0. The number of phenolic OH excluding ortho intramolecular Hbond substituents is 1. The monoisotopic (exact) mass is 509 g/mol. The van der Waals surface area contributed by atoms with Gasteiger partial charge in [0, 0.05) is 19.3 Å². The number of aromatic hydroxyl groups is 1. The fourth-order valence-electron chi connectivity index (χ4n) is 2.99. The van der Waals surface area contributed by atoms with E-state index in [2.05, 4.69) is 16.0 Å². The summed E-state index contributed by atoms with van der Waals surface area (Å²) in [5, 5.41) is 34.5. The van der Waals surface area contributed by atoms with E-state index in [0.717, 1.165) is 0 Å². The Kier molecular flexibility index (Phi) is 11.8. The van der Waals surface area contributed by atoms with E-state index in [1.165, 1.54) is 31.2 Å². The van der Waals surface area contributed by atoms with Crippen molar-refractivity contribution in [1.82, 2.24) is 16.0 Å². The molecule has 0 saturated carbocycles. The van der Waals surface area contributed by atoms with Crippen LogP contribution in [0.4, 0.5) is 0 Å². The molecular formula is C22H31N5O9. The van der Waals surface area contributed by atoms with Crippen molar-refractivity contribution < 1.29 is 44.1 Å². The quantitative estimate of drug-likeness (QED) is 0.128. The van der Waals surface area contributed by atoms with Crippen molar-refractivity contribution in [3.63, 3.8) is 0 Å². The highest BCUT2D eigenvalue weighted by Crippen LogP contribution is 2.12. The maximum atomic E-state index is 12.8. The number of hydrogen-bond donors (Lipinski definition) is 8. The number of amides is 4. The highest BCUT2D eigenvalue weighted by atomic mass is 16.4. The minimum absolute atomic E-state index is 0.0204. The Bertz CT molecular complexity index is 967. The van der Waals surface area contributed by atoms with Gasteiger partial charge in [0.15, 0.2) is 0 Å². The molecule has 1 aromatic carbocycles. The lowest BCUT2D eigenvalue weighted by Crippen LogP contribution is -2.56. The maximum absolute atomic E-state index is 12.8. The van der Waals surface area contributed by atoms with Crippen molar-refractivity contribution in [2.75, 3.05) is 0 Å². The maximum Gasteiger partial charge on any atom is 0.326 e. The summed E-state index contributed by atoms with van der Waals surface area (Å²) in [5.74, 6) is -5.78. The van der Waals surface area contributed by atoms with Crippen molar-refractivity contribution in [3.8, 4) is 5.75 Å². The van der Waals surface area contributed by atoms with Gasteiger partial charge in [-0.1, -0.05) is 12.1 Å². The lowest BCUT2D eigenvalue weighted by Gasteiger charge is -2.23. The van der Waals surface area contributed by atoms with Crippen LogP contribution in [0.5, 0.6) is 5.75 Å². The van der Waals surface area contributed by atoms with E-state index in [0.29, 0.717) is 5.56 Å². The molecule has 0 aliphatic rings. The molecule has 0 bridgehead atoms. The second-order valence-corrected chi connectivity index (χ2v) is 8.11. The molecule has 36 heavy (non-hydrogen) atoms. The third-order valence-corrected chi connectivity index (χ3v) is 5.06. The van der Waals surface area contributed by atoms with E-state index >= 15 is 0 Å². The number of nitrogens with one attached hydrogen (secondary N) is 3. The second kappa shape index (κ2) is 14.3. The van der Waals surface area contributed by atoms with E-state index < -0.39 is 59.7 Å². The normalized spacial score (nSPS) is 13.9. The molecular weight excluding hydrogens is 478 g/mol. The van der Waals surface area contributed by atoms with E-state index in [9.17, 15) is 39.0 Å². The molecule has 1 rings (SSSR count). The lowest BCUT2D eigenvalue weighted by molar-refractivity contribution is -0.142. The predicted molar refractivity (Wildman–Crippen MR) is 124 cm³/mol. The first kappa shape index (κ1) is 29.8. The molecule has 0 saturated heterocycles. The SMILES string of the molecule is CC(NC(=O)C(N)CCC(=O)O)C(=O)NC(CCC(N)=O)C(=O)NC(Cc1ccc(O)cc1)C(=O)O. The summed E-state index contributed by atoms with van der Waals surface area (Å²) in [4.78, 5) is 71.0. The van der Waals surface area contributed by atoms with Gasteiger partial charge in [-0.3, -0.25) is 24.0 Å². The molecule has 14 heteroatoms. The zero-order valence-electron chi connectivity index (χ0n) is 19.6. The Hall–Kier alpha value is -4.20. The van der Waals surface area contributed by atoms with Crippen LogP contribution in [-0.2, 0) is 35.2 Å². The highest BCUT2D eigenvalue weighted by Gasteiger charge is 2.29. The molecule has 14 nitrogen and oxygen atoms in total. The molecule has 0 heterocycles. The average Bonchev–Trinajstić information content (AvgIpc) is 2.80. The van der Waals surface area contributed by atoms with Gasteiger partial charge < -0.3 is 42.7 Å². The van der Waals surface area contributed by atoms with Crippen molar-refractivity contribution in [3.05, 3.63) is 29.8 Å². The number of hydrogen-bond acceptors (Lipinski definition) is 8. The molecule has 1 aromatic rings. The van der Waals surface area contributed by atoms with Crippen LogP contribution in [0.15, 0.2) is 24.3 Å². The molecule has 0 radical (unpaired) electrons. The molecule has 0 spiro atoms. The molecule has 4 atom stereocenters. The summed E-state index contributed by atoms with van der Waals surface area (Å²) in [6, 6.07) is 0.562. The first-order chi connectivity index (χ1) is 16.8. The number of primary amides is 1. The smallest absolute Gasteiger partial charge is 0.326 e. The fraction of sp³-hybridized carbons (Fsp3) is 0.455. The largest absolute Gasteiger partial charge is 0.508 e. The van der Waals surface area contributed by atoms with Gasteiger partial charge in [0.1, 0.15) is 23.9 Å². The van der Waals surface area contributed by atoms with E-state index in [1.807, 2.05) is 0 Å². The van der Waals surface area contributed by atoms with Crippen molar-refractivity contribution in [1.29, 1.82) is 0 Å². The topological polar surface area (TPSA) is 251 Å². The van der Waals surface area contributed by atoms with Crippen LogP contribution < -0.4 is 27.4 Å². The summed E-state index contributed by atoms with van der Waals surface area (Å²) < 4.78 is 0. The van der Waals surface area contributed by atoms with Crippen LogP contribution >= 0.6 is 0 Å². The molecule has 0 fully saturated rings. The summed E-state index contributed by atoms with van der Waals surface area (Å²) in [7, 11) is 0. The number of carbonyl (C=O) groups is 6. The minimum atomic E-state index is -1.39. The predicted octanol–water partition coefficient (Wildman–Crippen LogP) is -2.05. The number of carbonyl (C=O) groups excluding carboxylic acids is 4. The Morgan fingerprint density at radius 2 is 1.42 bits per heavy atom. The molecule has 0 aromatic heterocycles. The highest BCUT2D eigenvalue weighted by molar-refractivity contribution is 5.94. The standard InChI is InChI=1S/C22H31N5O9/c1-11(25-20(33)14(23)6-9-18(30)31)19(32)26-15(7-8-17(24)29)21(34)27-16(22(35)36)10-12-2-4-13(28)5-3-12/h2-5,11,14-16,28H,6-10,23H2,1H3,(H2,24,29)(H,25,33)(H,26,32)(H,27,34)(H,30,31)(H,35,36). The van der Waals surface area contributed by atoms with Crippen LogP contribution in [0.1, 0.15) is 38.2 Å². The van der Waals surface area contributed by atoms with Crippen molar-refractivity contribution >= 4 is 35.6 Å². The number of carboxylic acid groups (broad SMARTS) is 2. The summed E-state index contributed by atoms with van der Waals surface area (Å²) in [6.07, 6.45) is -1.17. The van der Waals surface area contributed by atoms with Crippen LogP contribution in [0.3, 0.4) is 0 Å². The number of phenols is 1. The Morgan fingerprint density at radius 1 is 0.833 bits per heavy atom. The summed E-state index contributed by atoms with van der Waals surface area (Å²) >= 11 is 0. The van der Waals surface area contributed by atoms with E-state index in [4.69, 9.17) is 16.6 Å². The van der Waals surface area contributed by atoms with Gasteiger partial charge in [-0.2, -0.15) is 0 Å². The van der Waals surface area contributed by atoms with Gasteiger partial charge in [0.05, 0.1) is 6.04 Å². The molecule has 4 amide bonds. The molecule has 4 unspecified atom stereocenters. The first-order valence-electron chi connectivity index (χ1n) is 11.0. The number of carboxylic acids is 2. The minimum Gasteiger partial charge on any atom is -0.508 e. The van der Waals surface area contributed by atoms with Gasteiger partial charge in [0.2, 0.25) is 23.6 Å². The van der Waals surface area contributed by atoms with Gasteiger partial charge in [0.25, 0.3) is 0 Å². The van der Waals surface area contributed by atoms with Crippen LogP contribution in [0, 0.1) is 0 Å². The van der Waals surface area contributed by atoms with Gasteiger partial charge in [-0.25, -0.2) is 4.79 Å². The van der Waals surface area contributed by atoms with Gasteiger partial charge in [-0.05, 0) is 37.5 Å². The molecule has 0 aliphatic carbocycles. The number of benzene rings is 1. The third-order valence-electron chi connectivity index (χ3n) is 5.06. The molecule has 10 N–H and O–H groups in total. The Labute approximate surface area is 206 Å². The van der Waals surface area contributed by atoms with Gasteiger partial charge >= 0.3 is 11.9 Å². The Morgan fingerprint density at radius 3 is 1.94 bits per heavy atom. The lowest BCUT2D eigenvalue weighted by atomic mass is 10.0. The van der Waals surface area contributed by atoms with Crippen molar-refractivity contribution in [2.24, 2.45) is 11.5 Å². The van der Waals surface area contributed by atoms with Crippen LogP contribution in [0.25, 0.3) is 0 Å². The summed E-state index contributed by atoms with van der Waals surface area (Å²) in [6.45, 7) is 1.30. The number of aliphatic carboxylic acids is 2. The van der Waals surface area contributed by atoms with Gasteiger partial charge in [-0.15, -0.1) is 0 Å². The third kappa shape index (κ3) is 10.8. The average molecular weight is 510 g/mol.